The van der Waals surface area contributed by atoms with E-state index in [0.29, 0.717) is 12.0 Å². The van der Waals surface area contributed by atoms with Crippen LogP contribution in [0.4, 0.5) is 4.39 Å². The number of hydrogen-bond acceptors (Lipinski definition) is 5. The number of nitrogens with zero attached hydrogens (tertiary/aromatic N) is 2. The van der Waals surface area contributed by atoms with Gasteiger partial charge in [-0.2, -0.15) is 11.3 Å². The lowest BCUT2D eigenvalue weighted by molar-refractivity contribution is 0.198. The van der Waals surface area contributed by atoms with Crippen LogP contribution in [0.25, 0.3) is 0 Å². The number of piperidine rings is 1. The summed E-state index contributed by atoms with van der Waals surface area (Å²) in [4.78, 5) is 6.37. The number of likely N-dealkylation sites (tertiary alicyclic amines) is 1. The van der Waals surface area contributed by atoms with Crippen molar-refractivity contribution < 1.29 is 12.8 Å². The monoisotopic (exact) mass is 438 g/mol. The Balaban J connectivity index is 1.42. The Hall–Kier alpha value is -1.97. The van der Waals surface area contributed by atoms with Crippen LogP contribution in [0.5, 0.6) is 0 Å². The third-order valence-corrected chi connectivity index (χ3v) is 7.45. The SMILES string of the molecule is CN=C(NCCS(=O)(=O)c1ccccc1F)NC1CCN(Cc2ccsc2)CC1. The zero-order chi connectivity index (χ0) is 20.7. The minimum atomic E-state index is -3.69. The van der Waals surface area contributed by atoms with E-state index in [2.05, 4.69) is 37.4 Å². The minimum absolute atomic E-state index is 0.160. The molecule has 9 heteroatoms. The average Bonchev–Trinajstić information content (AvgIpc) is 3.22. The molecule has 0 spiro atoms. The van der Waals surface area contributed by atoms with Gasteiger partial charge in [0.2, 0.25) is 0 Å². The van der Waals surface area contributed by atoms with Crippen LogP contribution in [0, 0.1) is 5.82 Å². The summed E-state index contributed by atoms with van der Waals surface area (Å²) in [7, 11) is -2.03. The highest BCUT2D eigenvalue weighted by Crippen LogP contribution is 2.16. The molecule has 1 aliphatic heterocycles. The van der Waals surface area contributed by atoms with Crippen LogP contribution in [0.15, 0.2) is 51.0 Å². The van der Waals surface area contributed by atoms with E-state index in [4.69, 9.17) is 0 Å². The van der Waals surface area contributed by atoms with Crippen LogP contribution >= 0.6 is 11.3 Å². The Morgan fingerprint density at radius 2 is 2.03 bits per heavy atom. The average molecular weight is 439 g/mol. The molecular weight excluding hydrogens is 411 g/mol. The van der Waals surface area contributed by atoms with Gasteiger partial charge in [-0.3, -0.25) is 9.89 Å². The summed E-state index contributed by atoms with van der Waals surface area (Å²) in [5.74, 6) is -0.345. The van der Waals surface area contributed by atoms with E-state index in [1.54, 1.807) is 18.4 Å². The van der Waals surface area contributed by atoms with Gasteiger partial charge in [-0.25, -0.2) is 12.8 Å². The van der Waals surface area contributed by atoms with E-state index < -0.39 is 15.7 Å². The van der Waals surface area contributed by atoms with Crippen LogP contribution in [0.1, 0.15) is 18.4 Å². The fourth-order valence-electron chi connectivity index (χ4n) is 3.37. The van der Waals surface area contributed by atoms with Crippen molar-refractivity contribution in [3.8, 4) is 0 Å². The molecule has 0 saturated carbocycles. The third-order valence-electron chi connectivity index (χ3n) is 4.97. The molecule has 0 radical (unpaired) electrons. The quantitative estimate of drug-likeness (QED) is 0.513. The van der Waals surface area contributed by atoms with Crippen molar-refractivity contribution in [1.82, 2.24) is 15.5 Å². The smallest absolute Gasteiger partial charge is 0.191 e. The van der Waals surface area contributed by atoms with Crippen molar-refractivity contribution >= 4 is 27.1 Å². The number of hydrogen-bond donors (Lipinski definition) is 2. The standard InChI is InChI=1S/C20H27FN4O2S2/c1-22-20(23-9-13-29(26,27)19-5-3-2-4-18(19)21)24-17-6-10-25(11-7-17)14-16-8-12-28-15-16/h2-5,8,12,15,17H,6-7,9-11,13-14H2,1H3,(H2,22,23,24). The molecule has 1 saturated heterocycles. The van der Waals surface area contributed by atoms with E-state index in [0.717, 1.165) is 38.5 Å². The molecule has 158 valence electrons. The molecule has 2 heterocycles. The zero-order valence-corrected chi connectivity index (χ0v) is 18.1. The fraction of sp³-hybridized carbons (Fsp3) is 0.450. The normalized spacial score (nSPS) is 16.7. The zero-order valence-electron chi connectivity index (χ0n) is 16.5. The molecule has 3 rings (SSSR count). The van der Waals surface area contributed by atoms with Crippen molar-refractivity contribution in [2.24, 2.45) is 4.99 Å². The molecule has 0 atom stereocenters. The Bertz CT molecular complexity index is 908. The molecule has 1 fully saturated rings. The molecule has 1 aliphatic rings. The van der Waals surface area contributed by atoms with Crippen molar-refractivity contribution in [3.63, 3.8) is 0 Å². The predicted molar refractivity (Wildman–Crippen MR) is 116 cm³/mol. The van der Waals surface area contributed by atoms with Gasteiger partial charge >= 0.3 is 0 Å². The van der Waals surface area contributed by atoms with Gasteiger partial charge in [0, 0.05) is 39.3 Å². The Labute approximate surface area is 175 Å². The van der Waals surface area contributed by atoms with Gasteiger partial charge in [0.15, 0.2) is 15.8 Å². The molecule has 2 N–H and O–H groups in total. The van der Waals surface area contributed by atoms with Crippen LogP contribution in [-0.4, -0.2) is 57.8 Å². The van der Waals surface area contributed by atoms with E-state index in [-0.39, 0.29) is 17.2 Å². The number of rotatable bonds is 7. The highest BCUT2D eigenvalue weighted by molar-refractivity contribution is 7.91. The molecule has 2 aromatic rings. The number of nitrogens with one attached hydrogen (secondary N) is 2. The summed E-state index contributed by atoms with van der Waals surface area (Å²) in [6.45, 7) is 3.16. The van der Waals surface area contributed by atoms with E-state index in [9.17, 15) is 12.8 Å². The lowest BCUT2D eigenvalue weighted by Crippen LogP contribution is -2.49. The second kappa shape index (κ2) is 10.2. The van der Waals surface area contributed by atoms with Crippen LogP contribution in [0.3, 0.4) is 0 Å². The second-order valence-corrected chi connectivity index (χ2v) is 9.93. The van der Waals surface area contributed by atoms with Gasteiger partial charge in [0.05, 0.1) is 5.75 Å². The number of thiophene rings is 1. The van der Waals surface area contributed by atoms with Crippen LogP contribution in [0.2, 0.25) is 0 Å². The van der Waals surface area contributed by atoms with Gasteiger partial charge < -0.3 is 10.6 Å². The van der Waals surface area contributed by atoms with E-state index in [1.165, 1.54) is 23.8 Å². The number of aliphatic imine (C=N–C) groups is 1. The Kier molecular flexibility index (Phi) is 7.63. The van der Waals surface area contributed by atoms with Crippen LogP contribution < -0.4 is 10.6 Å². The first kappa shape index (κ1) is 21.7. The Morgan fingerprint density at radius 1 is 1.28 bits per heavy atom. The van der Waals surface area contributed by atoms with Crippen LogP contribution in [-0.2, 0) is 16.4 Å². The Morgan fingerprint density at radius 3 is 2.69 bits per heavy atom. The highest BCUT2D eigenvalue weighted by Gasteiger charge is 2.21. The first-order valence-electron chi connectivity index (χ1n) is 9.66. The summed E-state index contributed by atoms with van der Waals surface area (Å²) >= 11 is 1.72. The molecule has 6 nitrogen and oxygen atoms in total. The van der Waals surface area contributed by atoms with Gasteiger partial charge in [-0.05, 0) is 47.4 Å². The molecular formula is C20H27FN4O2S2. The summed E-state index contributed by atoms with van der Waals surface area (Å²) < 4.78 is 38.4. The first-order chi connectivity index (χ1) is 14.0. The number of sulfone groups is 1. The number of guanidine groups is 1. The molecule has 29 heavy (non-hydrogen) atoms. The lowest BCUT2D eigenvalue weighted by atomic mass is 10.0. The van der Waals surface area contributed by atoms with E-state index in [1.807, 2.05) is 0 Å². The van der Waals surface area contributed by atoms with E-state index >= 15 is 0 Å². The summed E-state index contributed by atoms with van der Waals surface area (Å²) in [5, 5.41) is 10.7. The molecule has 0 unspecified atom stereocenters. The predicted octanol–water partition coefficient (Wildman–Crippen LogP) is 2.49. The summed E-state index contributed by atoms with van der Waals surface area (Å²) in [5.41, 5.74) is 1.36. The third kappa shape index (κ3) is 6.25. The van der Waals surface area contributed by atoms with Crippen molar-refractivity contribution in [2.75, 3.05) is 32.4 Å². The number of benzene rings is 1. The van der Waals surface area contributed by atoms with Gasteiger partial charge in [-0.1, -0.05) is 12.1 Å². The molecule has 0 aliphatic carbocycles. The van der Waals surface area contributed by atoms with Crippen molar-refractivity contribution in [3.05, 3.63) is 52.5 Å². The molecule has 1 aromatic heterocycles. The second-order valence-electron chi connectivity index (χ2n) is 7.07. The van der Waals surface area contributed by atoms with Crippen molar-refractivity contribution in [2.45, 2.75) is 30.3 Å². The van der Waals surface area contributed by atoms with Gasteiger partial charge in [-0.15, -0.1) is 0 Å². The van der Waals surface area contributed by atoms with Gasteiger partial charge in [0.1, 0.15) is 10.7 Å². The fourth-order valence-corrected chi connectivity index (χ4v) is 5.28. The molecule has 0 bridgehead atoms. The van der Waals surface area contributed by atoms with Crippen molar-refractivity contribution in [1.29, 1.82) is 0 Å². The molecule has 0 amide bonds. The maximum absolute atomic E-state index is 13.8. The number of halogens is 1. The maximum Gasteiger partial charge on any atom is 0.191 e. The topological polar surface area (TPSA) is 73.8 Å². The minimum Gasteiger partial charge on any atom is -0.355 e. The first-order valence-corrected chi connectivity index (χ1v) is 12.3. The lowest BCUT2D eigenvalue weighted by Gasteiger charge is -2.32. The largest absolute Gasteiger partial charge is 0.355 e. The summed E-state index contributed by atoms with van der Waals surface area (Å²) in [6, 6.07) is 7.91. The summed E-state index contributed by atoms with van der Waals surface area (Å²) in [6.07, 6.45) is 2.00. The van der Waals surface area contributed by atoms with Gasteiger partial charge in [0.25, 0.3) is 0 Å². The highest BCUT2D eigenvalue weighted by atomic mass is 32.2. The maximum atomic E-state index is 13.8. The molecule has 1 aromatic carbocycles.